The number of rotatable bonds is 5. The molecule has 14 bridgehead atoms. The van der Waals surface area contributed by atoms with Crippen molar-refractivity contribution < 1.29 is 173 Å². The highest BCUT2D eigenvalue weighted by Gasteiger charge is 2.60. The van der Waals surface area contributed by atoms with E-state index in [1.165, 1.54) is 6.92 Å². The van der Waals surface area contributed by atoms with Crippen LogP contribution in [0, 0.1) is 0 Å². The summed E-state index contributed by atoms with van der Waals surface area (Å²) in [7, 11) is 0. The van der Waals surface area contributed by atoms with Gasteiger partial charge in [0.25, 0.3) is 10.5 Å². The molecule has 14 fully saturated rings. The molecule has 0 aromatic heterocycles. The Morgan fingerprint density at radius 2 is 0.560 bits per heavy atom. The first-order valence-electron chi connectivity index (χ1n) is 26.6. The highest BCUT2D eigenvalue weighted by Crippen LogP contribution is 2.40. The Labute approximate surface area is 482 Å². The van der Waals surface area contributed by atoms with Gasteiger partial charge >= 0.3 is 0 Å². The summed E-state index contributed by atoms with van der Waals surface area (Å²) in [5.41, 5.74) is 4.21. The number of aliphatic hydroxyl groups is 19. The molecular formula is C45H72N2O35S2. The average Bonchev–Trinajstić information content (AvgIpc) is 3.54. The summed E-state index contributed by atoms with van der Waals surface area (Å²) in [6.45, 7) is -4.06. The van der Waals surface area contributed by atoms with Crippen LogP contribution in [0.1, 0.15) is 6.92 Å². The van der Waals surface area contributed by atoms with Gasteiger partial charge in [0, 0.05) is 11.0 Å². The normalized spacial score (nSPS) is 53.9. The molecule has 484 valence electrons. The third-order valence-electron chi connectivity index (χ3n) is 15.8. The SMILES string of the molecule is C[C@H]1SC(=O)NNC(=O)SC[C@H]2O[C@@H]3O[C@H]4C(O)C(O)[C@H](O[C@@H]4CO)O[C@H]4C(O)C(O)[C@H](O[C@@H]4CO)O[C@H]4C(O)C(O)[C@H](O[C@@H]4CO)O[C@H]4C(O)C(O)[C@H](O[C@H]14)O[C@H]1C(O)C(O)[C@H](O[C@@H]1CO)O[C@H]1C(O)C(O)[C@H](O[C@@H]1CO)O[C@H]2C(O)C3O. The van der Waals surface area contributed by atoms with Crippen LogP contribution in [0.25, 0.3) is 0 Å². The second kappa shape index (κ2) is 28.2. The first kappa shape index (κ1) is 66.7. The molecule has 39 heteroatoms. The number of carbonyl (C=O) groups excluding carboxylic acids is 2. The first-order chi connectivity index (χ1) is 39.9. The van der Waals surface area contributed by atoms with Crippen molar-refractivity contribution in [1.29, 1.82) is 0 Å². The second-order valence-corrected chi connectivity index (χ2v) is 23.5. The van der Waals surface area contributed by atoms with E-state index in [1.54, 1.807) is 0 Å². The number of amides is 2. The summed E-state index contributed by atoms with van der Waals surface area (Å²) in [5.74, 6) is -0.661. The molecule has 14 saturated heterocycles. The number of carbonyl (C=O) groups is 2. The van der Waals surface area contributed by atoms with Gasteiger partial charge in [0.1, 0.15) is 165 Å². The Bertz CT molecular complexity index is 2150. The Kier molecular flexibility index (Phi) is 22.4. The van der Waals surface area contributed by atoms with Gasteiger partial charge in [-0.05, 0) is 0 Å². The van der Waals surface area contributed by atoms with Crippen LogP contribution in [-0.4, -0.2) is 366 Å². The summed E-state index contributed by atoms with van der Waals surface area (Å²) < 4.78 is 81.8. The predicted molar refractivity (Wildman–Crippen MR) is 261 cm³/mol. The van der Waals surface area contributed by atoms with Crippen LogP contribution >= 0.6 is 23.5 Å². The molecule has 37 nitrogen and oxygen atoms in total. The van der Waals surface area contributed by atoms with Crippen molar-refractivity contribution in [2.45, 2.75) is 227 Å². The molecule has 36 atom stereocenters. The van der Waals surface area contributed by atoms with Gasteiger partial charge in [0.15, 0.2) is 44.0 Å². The van der Waals surface area contributed by atoms with E-state index in [4.69, 9.17) is 66.3 Å². The van der Waals surface area contributed by atoms with E-state index in [2.05, 4.69) is 10.9 Å². The Balaban J connectivity index is 1.10. The van der Waals surface area contributed by atoms with Crippen LogP contribution in [-0.2, 0) is 66.3 Å². The van der Waals surface area contributed by atoms with Gasteiger partial charge in [-0.2, -0.15) is 0 Å². The molecule has 14 aliphatic heterocycles. The maximum atomic E-state index is 13.6. The third-order valence-corrected chi connectivity index (χ3v) is 17.6. The fourth-order valence-electron chi connectivity index (χ4n) is 11.1. The molecule has 0 spiro atoms. The van der Waals surface area contributed by atoms with Crippen molar-refractivity contribution in [3.8, 4) is 0 Å². The lowest BCUT2D eigenvalue weighted by Crippen LogP contribution is -2.68. The van der Waals surface area contributed by atoms with Gasteiger partial charge in [-0.25, -0.2) is 0 Å². The van der Waals surface area contributed by atoms with Gasteiger partial charge < -0.3 is 163 Å². The van der Waals surface area contributed by atoms with E-state index in [1.807, 2.05) is 0 Å². The van der Waals surface area contributed by atoms with Gasteiger partial charge in [0.05, 0.1) is 39.1 Å². The smallest absolute Gasteiger partial charge is 0.297 e. The molecule has 2 amide bonds. The minimum Gasteiger partial charge on any atom is -0.394 e. The van der Waals surface area contributed by atoms with E-state index in [0.717, 1.165) is 0 Å². The monoisotopic (exact) mass is 1260 g/mol. The number of ether oxygens (including phenoxy) is 14. The van der Waals surface area contributed by atoms with E-state index in [-0.39, 0.29) is 0 Å². The Morgan fingerprint density at radius 1 is 0.321 bits per heavy atom. The largest absolute Gasteiger partial charge is 0.394 e. The number of hydrazine groups is 1. The second-order valence-electron chi connectivity index (χ2n) is 21.2. The van der Waals surface area contributed by atoms with Crippen molar-refractivity contribution in [3.05, 3.63) is 0 Å². The Morgan fingerprint density at radius 3 is 0.881 bits per heavy atom. The average molecular weight is 1270 g/mol. The lowest BCUT2D eigenvalue weighted by atomic mass is 9.94. The fourth-order valence-corrected chi connectivity index (χ4v) is 12.6. The van der Waals surface area contributed by atoms with Crippen LogP contribution < -0.4 is 10.9 Å². The number of nitrogens with one attached hydrogen (secondary N) is 2. The van der Waals surface area contributed by atoms with Gasteiger partial charge in [-0.1, -0.05) is 30.4 Å². The Hall–Kier alpha value is -1.68. The molecule has 0 aromatic rings. The lowest BCUT2D eigenvalue weighted by molar-refractivity contribution is -0.395. The zero-order valence-electron chi connectivity index (χ0n) is 43.9. The molecule has 0 saturated carbocycles. The number of aliphatic hydroxyl groups excluding tert-OH is 19. The maximum absolute atomic E-state index is 13.6. The summed E-state index contributed by atoms with van der Waals surface area (Å²) in [6, 6.07) is 0. The topological polar surface area (TPSA) is 572 Å². The minimum absolute atomic E-state index is 0.315. The summed E-state index contributed by atoms with van der Waals surface area (Å²) >= 11 is 0.652. The molecule has 21 N–H and O–H groups in total. The highest BCUT2D eigenvalue weighted by atomic mass is 32.2. The third kappa shape index (κ3) is 13.4. The quantitative estimate of drug-likeness (QED) is 0.122. The molecule has 14 aliphatic rings. The summed E-state index contributed by atoms with van der Waals surface area (Å²) in [6.07, 6.45) is -71.8. The van der Waals surface area contributed by atoms with Crippen molar-refractivity contribution in [2.75, 3.05) is 38.8 Å². The van der Waals surface area contributed by atoms with Crippen LogP contribution in [0.4, 0.5) is 9.59 Å². The van der Waals surface area contributed by atoms with E-state index in [0.29, 0.717) is 23.5 Å². The summed E-state index contributed by atoms with van der Waals surface area (Å²) in [5, 5.41) is 211. The van der Waals surface area contributed by atoms with Crippen LogP contribution in [0.15, 0.2) is 0 Å². The van der Waals surface area contributed by atoms with Crippen LogP contribution in [0.2, 0.25) is 0 Å². The van der Waals surface area contributed by atoms with Crippen LogP contribution in [0.5, 0.6) is 0 Å². The molecule has 14 rings (SSSR count). The van der Waals surface area contributed by atoms with Gasteiger partial charge in [-0.15, -0.1) is 0 Å². The van der Waals surface area contributed by atoms with Gasteiger partial charge in [0.2, 0.25) is 0 Å². The highest BCUT2D eigenvalue weighted by molar-refractivity contribution is 8.14. The molecule has 14 heterocycles. The van der Waals surface area contributed by atoms with Crippen molar-refractivity contribution in [1.82, 2.24) is 10.9 Å². The number of hydrogen-bond acceptors (Lipinski definition) is 37. The molecule has 14 unspecified atom stereocenters. The number of thioether (sulfide) groups is 2. The van der Waals surface area contributed by atoms with Crippen LogP contribution in [0.3, 0.4) is 0 Å². The van der Waals surface area contributed by atoms with E-state index >= 15 is 0 Å². The standard InChI is InChI=1S/C45H72N2O35S2/c1-8-29-36-21(59)28(66)43(75-29)80-34-13(6-52)71-39(24(62)18(34)56)77-31-10(3-49)72-40(25(63)17(31)55)81-35-14(7-83-44(67)46-47-45(68)84-8)74-42(27(65)20(35)58)79-33-11(4-50)70-38(23(61)16(33)54)76-30-9(2-48)69-37(22(60)15(30)53)78-32-12(5-51)73-41(82-36)26(64)19(32)57/h8-43,48-66H,2-7H2,1H3,(H,46,67)(H,47,68)/t8-,9-,10-,11-,12-,13-,14-,15?,16?,17?,18?,19?,20?,21?,22?,23?,24?,25?,26?,27?,28?,29-,30-,31-,32-,33-,34-,35-,36+,37-,38-,39-,40-,41-,42-,43-/m1/s1. The molecular weight excluding hydrogens is 1190 g/mol. The fraction of sp³-hybridized carbons (Fsp3) is 0.956. The molecule has 0 radical (unpaired) electrons. The minimum atomic E-state index is -2.27. The first-order valence-corrected chi connectivity index (χ1v) is 28.4. The van der Waals surface area contributed by atoms with Crippen molar-refractivity contribution in [3.63, 3.8) is 0 Å². The molecule has 0 aliphatic carbocycles. The molecule has 84 heavy (non-hydrogen) atoms. The maximum Gasteiger partial charge on any atom is 0.297 e. The lowest BCUT2D eigenvalue weighted by Gasteiger charge is -2.50. The number of fused-ring (bicyclic) bond motifs is 5. The van der Waals surface area contributed by atoms with Crippen molar-refractivity contribution in [2.24, 2.45) is 0 Å². The van der Waals surface area contributed by atoms with E-state index in [9.17, 15) is 107 Å². The van der Waals surface area contributed by atoms with Gasteiger partial charge in [-0.3, -0.25) is 20.4 Å². The summed E-state index contributed by atoms with van der Waals surface area (Å²) in [4.78, 5) is 27.1. The predicted octanol–water partition coefficient (Wildman–Crippen LogP) is -13.0. The molecule has 0 aromatic carbocycles. The van der Waals surface area contributed by atoms with E-state index < -0.39 is 269 Å². The van der Waals surface area contributed by atoms with Crippen molar-refractivity contribution >= 4 is 34.0 Å². The zero-order chi connectivity index (χ0) is 60.9. The zero-order valence-corrected chi connectivity index (χ0v) is 45.5. The number of hydrogen-bond donors (Lipinski definition) is 21.